The normalized spacial score (nSPS) is 13.1. The summed E-state index contributed by atoms with van der Waals surface area (Å²) in [4.78, 5) is 4.34. The summed E-state index contributed by atoms with van der Waals surface area (Å²) in [5.41, 5.74) is 7.87. The topological polar surface area (TPSA) is 43.8 Å². The van der Waals surface area contributed by atoms with Gasteiger partial charge in [0.2, 0.25) is 5.95 Å². The summed E-state index contributed by atoms with van der Waals surface area (Å²) >= 11 is 7.79. The molecule has 0 aliphatic rings. The maximum Gasteiger partial charge on any atom is 0.201 e. The summed E-state index contributed by atoms with van der Waals surface area (Å²) in [7, 11) is 0. The number of rotatable bonds is 4. The van der Waals surface area contributed by atoms with Gasteiger partial charge in [-0.25, -0.2) is 4.98 Å². The fraction of sp³-hybridized carbons (Fsp3) is 0.417. The van der Waals surface area contributed by atoms with Crippen molar-refractivity contribution in [2.45, 2.75) is 13.5 Å². The number of fused-ring (bicyclic) bond motifs is 1. The Bertz CT molecular complexity index is 524. The molecule has 0 aliphatic heterocycles. The first kappa shape index (κ1) is 12.6. The van der Waals surface area contributed by atoms with Crippen molar-refractivity contribution in [1.82, 2.24) is 9.55 Å². The van der Waals surface area contributed by atoms with Gasteiger partial charge in [0.05, 0.1) is 11.0 Å². The van der Waals surface area contributed by atoms with E-state index in [9.17, 15) is 0 Å². The molecule has 2 N–H and O–H groups in total. The van der Waals surface area contributed by atoms with Crippen molar-refractivity contribution in [1.29, 1.82) is 0 Å². The molecule has 1 aromatic carbocycles. The molecule has 0 saturated carbocycles. The quantitative estimate of drug-likeness (QED) is 0.926. The van der Waals surface area contributed by atoms with Gasteiger partial charge in [-0.15, -0.1) is 0 Å². The molecule has 17 heavy (non-hydrogen) atoms. The van der Waals surface area contributed by atoms with Gasteiger partial charge in [0, 0.05) is 11.6 Å². The van der Waals surface area contributed by atoms with Crippen LogP contribution in [0.4, 0.5) is 5.95 Å². The molecule has 0 bridgehead atoms. The average molecular weight is 270 g/mol. The van der Waals surface area contributed by atoms with E-state index in [2.05, 4.69) is 22.7 Å². The minimum atomic E-state index is 0.565. The van der Waals surface area contributed by atoms with Gasteiger partial charge < -0.3 is 10.3 Å². The van der Waals surface area contributed by atoms with Gasteiger partial charge in [-0.2, -0.15) is 11.8 Å². The summed E-state index contributed by atoms with van der Waals surface area (Å²) in [6, 6.07) is 5.70. The second kappa shape index (κ2) is 5.19. The number of halogens is 1. The highest BCUT2D eigenvalue weighted by Crippen LogP contribution is 2.23. The molecule has 3 nitrogen and oxygen atoms in total. The van der Waals surface area contributed by atoms with Crippen LogP contribution in [0.15, 0.2) is 18.2 Å². The van der Waals surface area contributed by atoms with Crippen LogP contribution < -0.4 is 5.73 Å². The maximum atomic E-state index is 5.95. The van der Waals surface area contributed by atoms with E-state index >= 15 is 0 Å². The van der Waals surface area contributed by atoms with Crippen molar-refractivity contribution < 1.29 is 0 Å². The van der Waals surface area contributed by atoms with E-state index in [0.29, 0.717) is 16.9 Å². The molecule has 2 rings (SSSR count). The predicted molar refractivity (Wildman–Crippen MR) is 76.7 cm³/mol. The highest BCUT2D eigenvalue weighted by atomic mass is 35.5. The number of hydrogen-bond donors (Lipinski definition) is 1. The third kappa shape index (κ3) is 2.69. The Morgan fingerprint density at radius 3 is 3.00 bits per heavy atom. The van der Waals surface area contributed by atoms with E-state index in [1.54, 1.807) is 0 Å². The van der Waals surface area contributed by atoms with Crippen LogP contribution in [0, 0.1) is 5.92 Å². The van der Waals surface area contributed by atoms with Crippen LogP contribution in [-0.4, -0.2) is 21.6 Å². The van der Waals surface area contributed by atoms with Crippen LogP contribution in [0.2, 0.25) is 5.02 Å². The molecule has 5 heteroatoms. The first-order valence-corrected chi connectivity index (χ1v) is 7.29. The molecule has 1 unspecified atom stereocenters. The third-order valence-electron chi connectivity index (χ3n) is 2.69. The van der Waals surface area contributed by atoms with Crippen molar-refractivity contribution >= 4 is 40.3 Å². The molecule has 0 saturated heterocycles. The highest BCUT2D eigenvalue weighted by Gasteiger charge is 2.11. The summed E-state index contributed by atoms with van der Waals surface area (Å²) in [5.74, 6) is 2.25. The number of imidazole rings is 1. The first-order chi connectivity index (χ1) is 8.11. The van der Waals surface area contributed by atoms with Crippen molar-refractivity contribution in [2.24, 2.45) is 5.92 Å². The van der Waals surface area contributed by atoms with Gasteiger partial charge in [0.1, 0.15) is 0 Å². The molecular weight excluding hydrogens is 254 g/mol. The predicted octanol–water partition coefficient (Wildman–Crippen LogP) is 3.27. The number of nitrogens with two attached hydrogens (primary N) is 1. The molecule has 0 amide bonds. The molecular formula is C12H16ClN3S. The number of anilines is 1. The highest BCUT2D eigenvalue weighted by molar-refractivity contribution is 7.98. The van der Waals surface area contributed by atoms with Gasteiger partial charge in [0.25, 0.3) is 0 Å². The summed E-state index contributed by atoms with van der Waals surface area (Å²) in [5, 5.41) is 0.694. The second-order valence-corrected chi connectivity index (χ2v) is 5.62. The molecule has 1 heterocycles. The van der Waals surface area contributed by atoms with Crippen LogP contribution in [0.3, 0.4) is 0 Å². The van der Waals surface area contributed by atoms with Crippen molar-refractivity contribution in [3.05, 3.63) is 23.2 Å². The Labute approximate surface area is 110 Å². The average Bonchev–Trinajstić information content (AvgIpc) is 2.55. The first-order valence-electron chi connectivity index (χ1n) is 5.52. The minimum absolute atomic E-state index is 0.565. The smallest absolute Gasteiger partial charge is 0.201 e. The van der Waals surface area contributed by atoms with Gasteiger partial charge in [-0.3, -0.25) is 0 Å². The zero-order valence-electron chi connectivity index (χ0n) is 9.98. The van der Waals surface area contributed by atoms with Crippen molar-refractivity contribution in [3.8, 4) is 0 Å². The van der Waals surface area contributed by atoms with E-state index in [4.69, 9.17) is 17.3 Å². The van der Waals surface area contributed by atoms with E-state index in [1.165, 1.54) is 0 Å². The van der Waals surface area contributed by atoms with E-state index in [1.807, 2.05) is 30.0 Å². The summed E-state index contributed by atoms with van der Waals surface area (Å²) < 4.78 is 2.06. The summed E-state index contributed by atoms with van der Waals surface area (Å²) in [6.45, 7) is 3.11. The zero-order chi connectivity index (χ0) is 12.4. The number of aromatic nitrogens is 2. The fourth-order valence-corrected chi connectivity index (χ4v) is 2.80. The van der Waals surface area contributed by atoms with Gasteiger partial charge in [0.15, 0.2) is 0 Å². The number of hydrogen-bond acceptors (Lipinski definition) is 3. The Hall–Kier alpha value is -0.870. The van der Waals surface area contributed by atoms with E-state index < -0.39 is 0 Å². The maximum absolute atomic E-state index is 5.95. The molecule has 1 atom stereocenters. The van der Waals surface area contributed by atoms with E-state index in [0.717, 1.165) is 23.3 Å². The van der Waals surface area contributed by atoms with Crippen molar-refractivity contribution in [3.63, 3.8) is 0 Å². The molecule has 92 valence electrons. The van der Waals surface area contributed by atoms with Crippen LogP contribution in [0.1, 0.15) is 6.92 Å². The number of thioether (sulfide) groups is 1. The lowest BCUT2D eigenvalue weighted by Gasteiger charge is -2.12. The van der Waals surface area contributed by atoms with Gasteiger partial charge in [-0.1, -0.05) is 18.5 Å². The monoisotopic (exact) mass is 269 g/mol. The SMILES string of the molecule is CSCC(C)Cn1c(N)nc2cc(Cl)ccc21. The Balaban J connectivity index is 2.36. The standard InChI is InChI=1S/C12H16ClN3S/c1-8(7-17-2)6-16-11-4-3-9(13)5-10(11)15-12(16)14/h3-5,8H,6-7H2,1-2H3,(H2,14,15). The van der Waals surface area contributed by atoms with Crippen molar-refractivity contribution in [2.75, 3.05) is 17.7 Å². The Morgan fingerprint density at radius 1 is 1.53 bits per heavy atom. The molecule has 2 aromatic rings. The molecule has 0 fully saturated rings. The fourth-order valence-electron chi connectivity index (χ4n) is 1.96. The Morgan fingerprint density at radius 2 is 2.29 bits per heavy atom. The zero-order valence-corrected chi connectivity index (χ0v) is 11.6. The minimum Gasteiger partial charge on any atom is -0.369 e. The van der Waals surface area contributed by atoms with Crippen LogP contribution in [0.25, 0.3) is 11.0 Å². The number of benzene rings is 1. The molecule has 0 radical (unpaired) electrons. The summed E-state index contributed by atoms with van der Waals surface area (Å²) in [6.07, 6.45) is 2.12. The van der Waals surface area contributed by atoms with E-state index in [-0.39, 0.29) is 0 Å². The largest absolute Gasteiger partial charge is 0.369 e. The number of nitrogen functional groups attached to an aromatic ring is 1. The van der Waals surface area contributed by atoms with Crippen LogP contribution in [0.5, 0.6) is 0 Å². The van der Waals surface area contributed by atoms with Crippen LogP contribution in [-0.2, 0) is 6.54 Å². The number of nitrogens with zero attached hydrogens (tertiary/aromatic N) is 2. The lowest BCUT2D eigenvalue weighted by atomic mass is 10.2. The Kier molecular flexibility index (Phi) is 3.84. The molecule has 0 spiro atoms. The van der Waals surface area contributed by atoms with Crippen LogP contribution >= 0.6 is 23.4 Å². The lowest BCUT2D eigenvalue weighted by Crippen LogP contribution is -2.12. The molecule has 0 aliphatic carbocycles. The van der Waals surface area contributed by atoms with Gasteiger partial charge >= 0.3 is 0 Å². The molecule has 1 aromatic heterocycles. The third-order valence-corrected chi connectivity index (χ3v) is 3.82. The lowest BCUT2D eigenvalue weighted by molar-refractivity contribution is 0.546. The second-order valence-electron chi connectivity index (χ2n) is 4.27. The van der Waals surface area contributed by atoms with Gasteiger partial charge in [-0.05, 0) is 36.1 Å².